The van der Waals surface area contributed by atoms with E-state index in [0.717, 1.165) is 0 Å². The number of terminal acetylenes is 1. The highest BCUT2D eigenvalue weighted by Gasteiger charge is 2.50. The molecule has 15 heteroatoms. The number of fused-ring (bicyclic) bond motifs is 5. The minimum Gasteiger partial charge on any atom is -0.468 e. The molecule has 2 aromatic carbocycles. The number of rotatable bonds is 8. The maximum atomic E-state index is 17.5. The number of ether oxygens (including phenoxy) is 4. The molecule has 0 N–H and O–H groups in total. The number of alkyl halides is 1. The molecule has 2 bridgehead atoms. The topological polar surface area (TPSA) is 102 Å². The van der Waals surface area contributed by atoms with Crippen LogP contribution in [0.2, 0.25) is 5.15 Å². The molecule has 4 aromatic rings. The molecular weight excluding hydrogens is 737 g/mol. The third kappa shape index (κ3) is 6.74. The number of methoxy groups -OCH3 is 1. The van der Waals surface area contributed by atoms with Crippen molar-refractivity contribution in [2.75, 3.05) is 51.5 Å². The zero-order valence-electron chi connectivity index (χ0n) is 32.9. The van der Waals surface area contributed by atoms with Crippen molar-refractivity contribution >= 4 is 45.2 Å². The molecule has 4 saturated heterocycles. The molecule has 4 fully saturated rings. The first-order valence-corrected chi connectivity index (χ1v) is 18.7. The summed E-state index contributed by atoms with van der Waals surface area (Å²) in [4.78, 5) is 32.3. The van der Waals surface area contributed by atoms with Crippen LogP contribution in [0.3, 0.4) is 0 Å². The first-order chi connectivity index (χ1) is 27.0. The number of pyridine rings is 1. The molecule has 6 heterocycles. The van der Waals surface area contributed by atoms with Crippen molar-refractivity contribution in [2.24, 2.45) is 0 Å². The van der Waals surface area contributed by atoms with Gasteiger partial charge in [0.2, 0.25) is 0 Å². The van der Waals surface area contributed by atoms with E-state index in [4.69, 9.17) is 37.0 Å². The number of nitrogens with zero attached hydrogens (tertiary/aromatic N) is 6. The Morgan fingerprint density at radius 1 is 1.11 bits per heavy atom. The number of hydrogen-bond donors (Lipinski definition) is 0. The van der Waals surface area contributed by atoms with Gasteiger partial charge in [-0.05, 0) is 76.6 Å². The quantitative estimate of drug-likeness (QED) is 0.103. The zero-order valence-corrected chi connectivity index (χ0v) is 31.7. The van der Waals surface area contributed by atoms with Crippen molar-refractivity contribution in [1.82, 2.24) is 24.8 Å². The summed E-state index contributed by atoms with van der Waals surface area (Å²) in [5, 5.41) is 0.399. The Balaban J connectivity index is 1.30. The van der Waals surface area contributed by atoms with E-state index in [0.29, 0.717) is 37.6 Å². The van der Waals surface area contributed by atoms with Gasteiger partial charge in [0.25, 0.3) is 0 Å². The van der Waals surface area contributed by atoms with Gasteiger partial charge in [-0.2, -0.15) is 9.97 Å². The fourth-order valence-corrected chi connectivity index (χ4v) is 8.84. The number of anilines is 1. The largest absolute Gasteiger partial charge is 0.468 e. The van der Waals surface area contributed by atoms with Crippen LogP contribution in [-0.4, -0.2) is 107 Å². The van der Waals surface area contributed by atoms with Crippen LogP contribution >= 0.6 is 11.6 Å². The number of amides is 1. The molecule has 8 rings (SSSR count). The first-order valence-electron chi connectivity index (χ1n) is 19.3. The summed E-state index contributed by atoms with van der Waals surface area (Å²) in [6.07, 6.45) is 6.33. The highest BCUT2D eigenvalue weighted by molar-refractivity contribution is 6.35. The molecular formula is C40H42ClF3N6O5. The van der Waals surface area contributed by atoms with Crippen molar-refractivity contribution in [2.45, 2.75) is 82.3 Å². The number of carbonyl (C=O) groups excluding carboxylic acids is 1. The zero-order chi connectivity index (χ0) is 40.6. The second-order valence-electron chi connectivity index (χ2n) is 15.6. The van der Waals surface area contributed by atoms with E-state index < -0.39 is 47.6 Å². The second kappa shape index (κ2) is 14.2. The maximum Gasteiger partial charge on any atom is 0.410 e. The van der Waals surface area contributed by atoms with E-state index in [2.05, 4.69) is 20.9 Å². The lowest BCUT2D eigenvalue weighted by atomic mass is 9.95. The monoisotopic (exact) mass is 780 g/mol. The Hall–Kier alpha value is -4.58. The third-order valence-electron chi connectivity index (χ3n) is 10.8. The van der Waals surface area contributed by atoms with Gasteiger partial charge in [0.05, 0.1) is 31.3 Å². The van der Waals surface area contributed by atoms with Crippen LogP contribution in [-0.2, 0) is 9.47 Å². The van der Waals surface area contributed by atoms with Crippen LogP contribution < -0.4 is 14.4 Å². The fourth-order valence-electron chi connectivity index (χ4n) is 8.59. The summed E-state index contributed by atoms with van der Waals surface area (Å²) in [6, 6.07) is 4.64. The van der Waals surface area contributed by atoms with E-state index in [1.165, 1.54) is 25.3 Å². The number of carbonyl (C=O) groups is 1. The van der Waals surface area contributed by atoms with Gasteiger partial charge in [0.1, 0.15) is 52.1 Å². The van der Waals surface area contributed by atoms with Crippen molar-refractivity contribution in [1.29, 1.82) is 0 Å². The SMILES string of the molecule is [2H]C([2H])(Oc1nc(N2CC3CCC(C2)N3C(=O)OC(C)(C)C)c2c(Cl)nc(-c3cc(OCOC)cc4ccc(F)c(C#C)c34)c(F)c2n1)[C@@]12CCCN1C[C@H](F)C2. The second-order valence-corrected chi connectivity index (χ2v) is 15.9. The van der Waals surface area contributed by atoms with Crippen LogP contribution in [0.25, 0.3) is 32.9 Å². The van der Waals surface area contributed by atoms with E-state index >= 15 is 8.78 Å². The first kappa shape index (κ1) is 34.9. The molecule has 0 radical (unpaired) electrons. The minimum atomic E-state index is -2.50. The Bertz CT molecular complexity index is 2310. The number of aromatic nitrogens is 3. The standard InChI is InChI=1S/C40H42ClF3N6O5/c1-6-27-29(43)11-8-22-14-26(54-21-52-5)15-28(30(22)27)33-32(44)34-31(35(41)45-33)36(47-37(46-34)53-20-40-12-7-13-49(40)17-23(42)16-40)48-18-24-9-10-25(19-48)50(24)38(51)55-39(2,3)4/h1,8,11,14-15,23-25H,7,9-10,12-13,16-21H2,2-5H3/t23-,24?,25?,40+/m1/s1/i20D2. The molecule has 0 saturated carbocycles. The van der Waals surface area contributed by atoms with Gasteiger partial charge in [0.15, 0.2) is 12.6 Å². The Morgan fingerprint density at radius 2 is 1.87 bits per heavy atom. The van der Waals surface area contributed by atoms with Gasteiger partial charge < -0.3 is 23.8 Å². The van der Waals surface area contributed by atoms with Crippen LogP contribution in [0.5, 0.6) is 11.8 Å². The lowest BCUT2D eigenvalue weighted by molar-refractivity contribution is 0.0122. The molecule has 4 aliphatic heterocycles. The normalized spacial score (nSPS) is 24.5. The van der Waals surface area contributed by atoms with E-state index in [1.54, 1.807) is 36.6 Å². The Labute approximate surface area is 324 Å². The predicted octanol–water partition coefficient (Wildman–Crippen LogP) is 7.28. The summed E-state index contributed by atoms with van der Waals surface area (Å²) in [7, 11) is 1.44. The Morgan fingerprint density at radius 3 is 2.58 bits per heavy atom. The number of halogens is 4. The summed E-state index contributed by atoms with van der Waals surface area (Å²) in [6.45, 7) is 3.83. The number of hydrogen-bond acceptors (Lipinski definition) is 10. The molecule has 2 aromatic heterocycles. The average molecular weight is 781 g/mol. The summed E-state index contributed by atoms with van der Waals surface area (Å²) in [5.74, 6) is 1.01. The van der Waals surface area contributed by atoms with Crippen molar-refractivity contribution in [3.05, 3.63) is 46.6 Å². The molecule has 11 nitrogen and oxygen atoms in total. The van der Waals surface area contributed by atoms with Gasteiger partial charge >= 0.3 is 12.1 Å². The summed E-state index contributed by atoms with van der Waals surface area (Å²) >= 11 is 7.01. The van der Waals surface area contributed by atoms with Crippen molar-refractivity contribution in [3.63, 3.8) is 0 Å². The number of piperazine rings is 1. The molecule has 0 aliphatic carbocycles. The van der Waals surface area contributed by atoms with Crippen LogP contribution in [0.1, 0.15) is 61.2 Å². The van der Waals surface area contributed by atoms with Crippen molar-refractivity contribution in [3.8, 4) is 35.4 Å². The fraction of sp³-hybridized carbons (Fsp3) is 0.500. The van der Waals surface area contributed by atoms with E-state index in [9.17, 15) is 11.9 Å². The highest BCUT2D eigenvalue weighted by atomic mass is 35.5. The van der Waals surface area contributed by atoms with Crippen LogP contribution in [0, 0.1) is 24.0 Å². The molecule has 290 valence electrons. The lowest BCUT2D eigenvalue weighted by Crippen LogP contribution is -2.57. The van der Waals surface area contributed by atoms with Gasteiger partial charge in [-0.1, -0.05) is 23.6 Å². The third-order valence-corrected chi connectivity index (χ3v) is 11.1. The molecule has 1 amide bonds. The molecule has 55 heavy (non-hydrogen) atoms. The minimum absolute atomic E-state index is 0.0146. The van der Waals surface area contributed by atoms with E-state index in [-0.39, 0.29) is 94.8 Å². The lowest BCUT2D eigenvalue weighted by Gasteiger charge is -2.42. The summed E-state index contributed by atoms with van der Waals surface area (Å²) < 4.78 is 88.5. The van der Waals surface area contributed by atoms with E-state index in [1.807, 2.05) is 4.90 Å². The highest BCUT2D eigenvalue weighted by Crippen LogP contribution is 2.44. The summed E-state index contributed by atoms with van der Waals surface area (Å²) in [5.41, 5.74) is -2.78. The molecule has 4 atom stereocenters. The maximum absolute atomic E-state index is 17.5. The number of benzene rings is 2. The van der Waals surface area contributed by atoms with Gasteiger partial charge in [-0.25, -0.2) is 22.9 Å². The molecule has 2 unspecified atom stereocenters. The molecule has 4 aliphatic rings. The van der Waals surface area contributed by atoms with Crippen LogP contribution in [0.15, 0.2) is 24.3 Å². The van der Waals surface area contributed by atoms with Crippen LogP contribution in [0.4, 0.5) is 23.8 Å². The van der Waals surface area contributed by atoms with Gasteiger partial charge in [-0.3, -0.25) is 9.80 Å². The predicted molar refractivity (Wildman–Crippen MR) is 201 cm³/mol. The Kier molecular flexibility index (Phi) is 8.99. The van der Waals surface area contributed by atoms with Crippen molar-refractivity contribution < 1.29 is 39.7 Å². The average Bonchev–Trinajstić information content (AvgIpc) is 3.79. The molecule has 0 spiro atoms. The van der Waals surface area contributed by atoms with Gasteiger partial charge in [0, 0.05) is 44.1 Å². The van der Waals surface area contributed by atoms with Gasteiger partial charge in [-0.15, -0.1) is 6.42 Å². The smallest absolute Gasteiger partial charge is 0.410 e.